The van der Waals surface area contributed by atoms with Crippen molar-refractivity contribution < 1.29 is 23.1 Å². The third-order valence-electron chi connectivity index (χ3n) is 5.37. The number of carbonyl (C=O) groups is 1. The van der Waals surface area contributed by atoms with Crippen LogP contribution < -0.4 is 0 Å². The van der Waals surface area contributed by atoms with Crippen LogP contribution in [0.2, 0.25) is 0 Å². The lowest BCUT2D eigenvalue weighted by Crippen LogP contribution is -2.51. The average Bonchev–Trinajstić information content (AvgIpc) is 2.85. The smallest absolute Gasteiger partial charge is 0.390 e. The van der Waals surface area contributed by atoms with Crippen LogP contribution in [-0.4, -0.2) is 44.4 Å². The molecule has 1 aromatic heterocycles. The first-order valence-electron chi connectivity index (χ1n) is 8.66. The SMILES string of the molecule is Cn1nc(CC2CCN(C(=O)C3CC(C)(O)C3)CC2)cc1C(F)(F)F. The zero-order valence-corrected chi connectivity index (χ0v) is 14.5. The molecule has 25 heavy (non-hydrogen) atoms. The third-order valence-corrected chi connectivity index (χ3v) is 5.37. The van der Waals surface area contributed by atoms with Crippen molar-refractivity contribution in [3.05, 3.63) is 17.5 Å². The normalized spacial score (nSPS) is 28.1. The van der Waals surface area contributed by atoms with Gasteiger partial charge < -0.3 is 10.0 Å². The second kappa shape index (κ2) is 6.30. The van der Waals surface area contributed by atoms with Crippen molar-refractivity contribution in [2.24, 2.45) is 18.9 Å². The molecule has 8 heteroatoms. The molecule has 0 aromatic carbocycles. The molecule has 1 N–H and O–H groups in total. The first-order valence-corrected chi connectivity index (χ1v) is 8.66. The monoisotopic (exact) mass is 359 g/mol. The summed E-state index contributed by atoms with van der Waals surface area (Å²) in [5, 5.41) is 13.7. The molecule has 1 saturated heterocycles. The summed E-state index contributed by atoms with van der Waals surface area (Å²) in [4.78, 5) is 14.2. The molecule has 0 spiro atoms. The van der Waals surface area contributed by atoms with Crippen LogP contribution in [0.25, 0.3) is 0 Å². The van der Waals surface area contributed by atoms with Crippen molar-refractivity contribution in [1.29, 1.82) is 0 Å². The third kappa shape index (κ3) is 3.99. The number of alkyl halides is 3. The minimum Gasteiger partial charge on any atom is -0.390 e. The van der Waals surface area contributed by atoms with Crippen LogP contribution in [0.3, 0.4) is 0 Å². The molecule has 3 rings (SSSR count). The van der Waals surface area contributed by atoms with E-state index >= 15 is 0 Å². The first-order chi connectivity index (χ1) is 11.5. The van der Waals surface area contributed by atoms with Gasteiger partial charge in [-0.2, -0.15) is 18.3 Å². The molecule has 1 saturated carbocycles. The number of halogens is 3. The fourth-order valence-corrected chi connectivity index (χ4v) is 3.98. The molecule has 0 radical (unpaired) electrons. The number of hydrogen-bond acceptors (Lipinski definition) is 3. The van der Waals surface area contributed by atoms with E-state index in [1.165, 1.54) is 7.05 Å². The Kier molecular flexibility index (Phi) is 4.59. The van der Waals surface area contributed by atoms with Crippen molar-refractivity contribution in [3.8, 4) is 0 Å². The summed E-state index contributed by atoms with van der Waals surface area (Å²) in [5.41, 5.74) is -0.991. The van der Waals surface area contributed by atoms with Gasteiger partial charge in [0.2, 0.25) is 5.91 Å². The van der Waals surface area contributed by atoms with E-state index in [4.69, 9.17) is 0 Å². The van der Waals surface area contributed by atoms with E-state index in [-0.39, 0.29) is 17.7 Å². The summed E-state index contributed by atoms with van der Waals surface area (Å²) < 4.78 is 39.4. The predicted octanol–water partition coefficient (Wildman–Crippen LogP) is 2.38. The summed E-state index contributed by atoms with van der Waals surface area (Å²) in [5.74, 6) is 0.253. The quantitative estimate of drug-likeness (QED) is 0.902. The van der Waals surface area contributed by atoms with Crippen LogP contribution in [0, 0.1) is 11.8 Å². The Morgan fingerprint density at radius 1 is 1.36 bits per heavy atom. The Labute approximate surface area is 144 Å². The lowest BCUT2D eigenvalue weighted by Gasteiger charge is -2.43. The van der Waals surface area contributed by atoms with Crippen molar-refractivity contribution in [1.82, 2.24) is 14.7 Å². The summed E-state index contributed by atoms with van der Waals surface area (Å²) in [6.45, 7) is 2.99. The number of rotatable bonds is 3. The largest absolute Gasteiger partial charge is 0.433 e. The van der Waals surface area contributed by atoms with Gasteiger partial charge in [0.15, 0.2) is 0 Å². The Morgan fingerprint density at radius 3 is 2.44 bits per heavy atom. The van der Waals surface area contributed by atoms with Gasteiger partial charge in [0.25, 0.3) is 0 Å². The van der Waals surface area contributed by atoms with Crippen LogP contribution in [0.5, 0.6) is 0 Å². The predicted molar refractivity (Wildman–Crippen MR) is 84.6 cm³/mol. The topological polar surface area (TPSA) is 58.4 Å². The van der Waals surface area contributed by atoms with Crippen LogP contribution in [0.15, 0.2) is 6.07 Å². The molecular weight excluding hydrogens is 335 g/mol. The van der Waals surface area contributed by atoms with Crippen molar-refractivity contribution in [2.45, 2.75) is 50.8 Å². The zero-order valence-electron chi connectivity index (χ0n) is 14.5. The standard InChI is InChI=1S/C17H24F3N3O2/c1-16(25)9-12(10-16)15(24)23-5-3-11(4-6-23)7-13-8-14(17(18,19)20)22(2)21-13/h8,11-12,25H,3-7,9-10H2,1-2H3. The van der Waals surface area contributed by atoms with E-state index in [0.717, 1.165) is 23.6 Å². The summed E-state index contributed by atoms with van der Waals surface area (Å²) in [6, 6.07) is 1.12. The number of aromatic nitrogens is 2. The van der Waals surface area contributed by atoms with Gasteiger partial charge in [-0.05, 0) is 51.0 Å². The van der Waals surface area contributed by atoms with Gasteiger partial charge in [-0.25, -0.2) is 0 Å². The van der Waals surface area contributed by atoms with Gasteiger partial charge in [0, 0.05) is 26.1 Å². The van der Waals surface area contributed by atoms with E-state index in [1.807, 2.05) is 4.90 Å². The Morgan fingerprint density at radius 2 is 1.96 bits per heavy atom. The molecule has 1 aliphatic carbocycles. The molecule has 2 aliphatic rings. The van der Waals surface area contributed by atoms with Gasteiger partial charge in [-0.1, -0.05) is 0 Å². The molecule has 0 unspecified atom stereocenters. The highest BCUT2D eigenvalue weighted by molar-refractivity contribution is 5.80. The Hall–Kier alpha value is -1.57. The van der Waals surface area contributed by atoms with Gasteiger partial charge in [0.1, 0.15) is 5.69 Å². The van der Waals surface area contributed by atoms with Crippen LogP contribution >= 0.6 is 0 Å². The number of aryl methyl sites for hydroxylation is 1. The molecule has 0 atom stereocenters. The highest BCUT2D eigenvalue weighted by atomic mass is 19.4. The fourth-order valence-electron chi connectivity index (χ4n) is 3.98. The second-order valence-corrected chi connectivity index (χ2v) is 7.72. The summed E-state index contributed by atoms with van der Waals surface area (Å²) >= 11 is 0. The molecule has 2 fully saturated rings. The fraction of sp³-hybridized carbons (Fsp3) is 0.765. The van der Waals surface area contributed by atoms with Crippen molar-refractivity contribution in [3.63, 3.8) is 0 Å². The summed E-state index contributed by atoms with van der Waals surface area (Å²) in [7, 11) is 1.31. The van der Waals surface area contributed by atoms with E-state index in [2.05, 4.69) is 5.10 Å². The minimum atomic E-state index is -4.39. The highest BCUT2D eigenvalue weighted by Crippen LogP contribution is 2.39. The zero-order chi connectivity index (χ0) is 18.4. The van der Waals surface area contributed by atoms with Crippen molar-refractivity contribution in [2.75, 3.05) is 13.1 Å². The Bertz CT molecular complexity index is 638. The maximum absolute atomic E-state index is 12.8. The molecule has 5 nitrogen and oxygen atoms in total. The highest BCUT2D eigenvalue weighted by Gasteiger charge is 2.44. The van der Waals surface area contributed by atoms with Crippen molar-refractivity contribution >= 4 is 5.91 Å². The number of hydrogen-bond donors (Lipinski definition) is 1. The Balaban J connectivity index is 1.51. The van der Waals surface area contributed by atoms with Gasteiger partial charge in [-0.15, -0.1) is 0 Å². The lowest BCUT2D eigenvalue weighted by molar-refractivity contribution is -0.151. The summed E-state index contributed by atoms with van der Waals surface area (Å²) in [6.07, 6.45) is -1.32. The molecule has 1 amide bonds. The number of nitrogens with zero attached hydrogens (tertiary/aromatic N) is 3. The number of carbonyl (C=O) groups excluding carboxylic acids is 1. The molecule has 1 aliphatic heterocycles. The molecule has 140 valence electrons. The lowest BCUT2D eigenvalue weighted by atomic mass is 9.71. The number of likely N-dealkylation sites (tertiary alicyclic amines) is 1. The maximum atomic E-state index is 12.8. The van der Waals surface area contributed by atoms with E-state index < -0.39 is 17.5 Å². The second-order valence-electron chi connectivity index (χ2n) is 7.72. The number of aliphatic hydroxyl groups is 1. The van der Waals surface area contributed by atoms with E-state index in [0.29, 0.717) is 38.0 Å². The molecule has 2 heterocycles. The van der Waals surface area contributed by atoms with Crippen LogP contribution in [-0.2, 0) is 24.4 Å². The van der Waals surface area contributed by atoms with E-state index in [9.17, 15) is 23.1 Å². The number of amides is 1. The van der Waals surface area contributed by atoms with E-state index in [1.54, 1.807) is 6.92 Å². The number of piperidine rings is 1. The van der Waals surface area contributed by atoms with Gasteiger partial charge in [-0.3, -0.25) is 9.48 Å². The van der Waals surface area contributed by atoms with Crippen LogP contribution in [0.1, 0.15) is 44.0 Å². The van der Waals surface area contributed by atoms with Gasteiger partial charge in [0.05, 0.1) is 11.3 Å². The average molecular weight is 359 g/mol. The minimum absolute atomic E-state index is 0.0864. The van der Waals surface area contributed by atoms with Gasteiger partial charge >= 0.3 is 6.18 Å². The molecule has 1 aromatic rings. The first kappa shape index (κ1) is 18.2. The maximum Gasteiger partial charge on any atom is 0.433 e. The molecular formula is C17H24F3N3O2. The molecule has 0 bridgehead atoms. The van der Waals surface area contributed by atoms with Crippen LogP contribution in [0.4, 0.5) is 13.2 Å².